The predicted molar refractivity (Wildman–Crippen MR) is 105 cm³/mol. The summed E-state index contributed by atoms with van der Waals surface area (Å²) in [7, 11) is 0. The predicted octanol–water partition coefficient (Wildman–Crippen LogP) is 4.60. The van der Waals surface area contributed by atoms with Gasteiger partial charge in [0.25, 0.3) is 0 Å². The number of pyridine rings is 1. The van der Waals surface area contributed by atoms with E-state index in [1.165, 1.54) is 18.3 Å². The molecule has 1 aliphatic carbocycles. The fourth-order valence-electron chi connectivity index (χ4n) is 3.46. The summed E-state index contributed by atoms with van der Waals surface area (Å²) in [4.78, 5) is 21.2. The Kier molecular flexibility index (Phi) is 5.66. The third-order valence-corrected chi connectivity index (χ3v) is 5.38. The number of rotatable bonds is 6. The second-order valence-corrected chi connectivity index (χ2v) is 8.10. The Balaban J connectivity index is 1.95. The lowest BCUT2D eigenvalue weighted by atomic mass is 9.81. The van der Waals surface area contributed by atoms with E-state index >= 15 is 0 Å². The highest BCUT2D eigenvalue weighted by atomic mass is 35.5. The first-order valence-electron chi connectivity index (χ1n) is 9.68. The summed E-state index contributed by atoms with van der Waals surface area (Å²) in [5, 5.41) is 6.91. The number of aromatic nitrogens is 3. The van der Waals surface area contributed by atoms with Crippen LogP contribution in [-0.4, -0.2) is 21.0 Å². The molecule has 1 aromatic carbocycles. The van der Waals surface area contributed by atoms with Crippen LogP contribution in [0.2, 0.25) is 5.02 Å². The van der Waals surface area contributed by atoms with Crippen molar-refractivity contribution in [2.75, 3.05) is 0 Å². The molecule has 168 valence electrons. The number of hydrogen-bond acceptors (Lipinski definition) is 5. The Morgan fingerprint density at radius 3 is 2.50 bits per heavy atom. The number of carbonyl (C=O) groups excluding carboxylic acids is 1. The van der Waals surface area contributed by atoms with Crippen molar-refractivity contribution in [3.05, 3.63) is 75.9 Å². The van der Waals surface area contributed by atoms with Crippen LogP contribution < -0.4 is 5.32 Å². The number of nitrogens with zero attached hydrogens (tertiary/aromatic N) is 3. The Labute approximate surface area is 185 Å². The second-order valence-electron chi connectivity index (χ2n) is 7.66. The molecule has 0 saturated heterocycles. The molecule has 0 radical (unpaired) electrons. The van der Waals surface area contributed by atoms with Crippen molar-refractivity contribution >= 4 is 17.5 Å². The molecule has 6 nitrogen and oxygen atoms in total. The average molecular weight is 469 g/mol. The van der Waals surface area contributed by atoms with Crippen molar-refractivity contribution in [1.29, 1.82) is 0 Å². The zero-order valence-corrected chi connectivity index (χ0v) is 17.5. The highest BCUT2D eigenvalue weighted by Crippen LogP contribution is 2.39. The van der Waals surface area contributed by atoms with Gasteiger partial charge in [-0.3, -0.25) is 9.78 Å². The molecule has 32 heavy (non-hydrogen) atoms. The van der Waals surface area contributed by atoms with Crippen molar-refractivity contribution in [3.8, 4) is 0 Å². The van der Waals surface area contributed by atoms with Crippen LogP contribution in [0.15, 0.2) is 41.1 Å². The van der Waals surface area contributed by atoms with Crippen LogP contribution in [0.5, 0.6) is 0 Å². The number of nitrogens with one attached hydrogen (secondary N) is 1. The van der Waals surface area contributed by atoms with Crippen LogP contribution in [0, 0.1) is 18.7 Å². The van der Waals surface area contributed by atoms with Gasteiger partial charge in [-0.25, -0.2) is 4.39 Å². The molecule has 1 amide bonds. The molecule has 3 aromatic rings. The Hall–Kier alpha value is -3.01. The van der Waals surface area contributed by atoms with E-state index in [9.17, 15) is 22.4 Å². The van der Waals surface area contributed by atoms with E-state index in [1.54, 1.807) is 6.92 Å². The Bertz CT molecular complexity index is 1150. The van der Waals surface area contributed by atoms with Gasteiger partial charge in [-0.1, -0.05) is 16.8 Å². The maximum absolute atomic E-state index is 14.4. The number of carbonyl (C=O) groups is 1. The van der Waals surface area contributed by atoms with E-state index in [-0.39, 0.29) is 46.2 Å². The van der Waals surface area contributed by atoms with Crippen molar-refractivity contribution in [2.24, 2.45) is 5.92 Å². The van der Waals surface area contributed by atoms with Crippen molar-refractivity contribution in [3.63, 3.8) is 0 Å². The van der Waals surface area contributed by atoms with Gasteiger partial charge in [-0.2, -0.15) is 18.2 Å². The van der Waals surface area contributed by atoms with Crippen molar-refractivity contribution in [1.82, 2.24) is 20.4 Å². The normalized spacial score (nSPS) is 15.9. The molecule has 1 N–H and O–H groups in total. The van der Waals surface area contributed by atoms with E-state index in [1.807, 2.05) is 0 Å². The number of halogens is 5. The fraction of sp³-hybridized carbons (Fsp3) is 0.333. The van der Waals surface area contributed by atoms with Crippen LogP contribution in [0.1, 0.15) is 41.4 Å². The molecule has 0 aliphatic heterocycles. The lowest BCUT2D eigenvalue weighted by Gasteiger charge is -2.35. The molecule has 2 aromatic heterocycles. The lowest BCUT2D eigenvalue weighted by molar-refractivity contribution is -0.137. The SMILES string of the molecule is Cc1nc(C[C@@](NC(=O)C2CC2)(c2cc(F)cc(C(F)(F)F)c2)c2ccc(Cl)cn2)no1. The van der Waals surface area contributed by atoms with E-state index in [0.717, 1.165) is 12.1 Å². The monoisotopic (exact) mass is 468 g/mol. The molecule has 4 rings (SSSR count). The Morgan fingerprint density at radius 2 is 1.94 bits per heavy atom. The lowest BCUT2D eigenvalue weighted by Crippen LogP contribution is -2.50. The number of benzene rings is 1. The molecular formula is C21H17ClF4N4O2. The van der Waals surface area contributed by atoms with E-state index < -0.39 is 23.1 Å². The maximum Gasteiger partial charge on any atom is 0.416 e. The standard InChI is InChI=1S/C21H17ClF4N4O2/c1-11-28-18(30-32-11)9-20(29-19(31)12-2-3-12,17-5-4-15(22)10-27-17)13-6-14(21(24,25)26)8-16(23)7-13/h4-8,10,12H,2-3,9H2,1H3,(H,29,31)/t20-/m1/s1. The van der Waals surface area contributed by atoms with Gasteiger partial charge in [0.15, 0.2) is 5.82 Å². The molecule has 2 heterocycles. The zero-order chi connectivity index (χ0) is 23.1. The number of aryl methyl sites for hydroxylation is 1. The molecular weight excluding hydrogens is 452 g/mol. The first kappa shape index (κ1) is 22.2. The molecule has 0 bridgehead atoms. The summed E-state index contributed by atoms with van der Waals surface area (Å²) in [5.74, 6) is -1.46. The van der Waals surface area contributed by atoms with Crippen LogP contribution in [-0.2, 0) is 22.9 Å². The topological polar surface area (TPSA) is 80.9 Å². The summed E-state index contributed by atoms with van der Waals surface area (Å²) >= 11 is 5.95. The molecule has 0 spiro atoms. The minimum Gasteiger partial charge on any atom is -0.340 e. The quantitative estimate of drug-likeness (QED) is 0.535. The van der Waals surface area contributed by atoms with E-state index in [4.69, 9.17) is 16.1 Å². The zero-order valence-electron chi connectivity index (χ0n) is 16.7. The number of amides is 1. The summed E-state index contributed by atoms with van der Waals surface area (Å²) in [6.07, 6.45) is -2.44. The minimum absolute atomic E-state index is 0.105. The first-order valence-corrected chi connectivity index (χ1v) is 10.1. The third-order valence-electron chi connectivity index (χ3n) is 5.16. The van der Waals surface area contributed by atoms with Gasteiger partial charge in [-0.15, -0.1) is 0 Å². The van der Waals surface area contributed by atoms with Gasteiger partial charge in [0, 0.05) is 25.5 Å². The second kappa shape index (κ2) is 8.16. The third kappa shape index (κ3) is 4.59. The average Bonchev–Trinajstić information content (AvgIpc) is 3.49. The van der Waals surface area contributed by atoms with Gasteiger partial charge in [0.05, 0.1) is 16.3 Å². The Morgan fingerprint density at radius 1 is 1.22 bits per heavy atom. The highest BCUT2D eigenvalue weighted by Gasteiger charge is 2.44. The summed E-state index contributed by atoms with van der Waals surface area (Å²) < 4.78 is 59.9. The van der Waals surface area contributed by atoms with Crippen molar-refractivity contribution < 1.29 is 26.9 Å². The molecule has 1 aliphatic rings. The van der Waals surface area contributed by atoms with Crippen LogP contribution >= 0.6 is 11.6 Å². The van der Waals surface area contributed by atoms with Gasteiger partial charge in [0.1, 0.15) is 11.4 Å². The van der Waals surface area contributed by atoms with Gasteiger partial charge in [0.2, 0.25) is 11.8 Å². The number of alkyl halides is 3. The largest absolute Gasteiger partial charge is 0.416 e. The minimum atomic E-state index is -4.81. The molecule has 1 fully saturated rings. The van der Waals surface area contributed by atoms with Crippen molar-refractivity contribution in [2.45, 2.75) is 37.9 Å². The summed E-state index contributed by atoms with van der Waals surface area (Å²) in [6.45, 7) is 1.55. The van der Waals surface area contributed by atoms with Gasteiger partial charge in [-0.05, 0) is 48.7 Å². The van der Waals surface area contributed by atoms with Crippen LogP contribution in [0.4, 0.5) is 17.6 Å². The number of hydrogen-bond donors (Lipinski definition) is 1. The maximum atomic E-state index is 14.4. The van der Waals surface area contributed by atoms with Crippen LogP contribution in [0.3, 0.4) is 0 Å². The van der Waals surface area contributed by atoms with E-state index in [0.29, 0.717) is 18.9 Å². The van der Waals surface area contributed by atoms with Gasteiger partial charge < -0.3 is 9.84 Å². The summed E-state index contributed by atoms with van der Waals surface area (Å²) in [5.41, 5.74) is -2.91. The molecule has 0 unspecified atom stereocenters. The molecule has 11 heteroatoms. The van der Waals surface area contributed by atoms with Crippen LogP contribution in [0.25, 0.3) is 0 Å². The highest BCUT2D eigenvalue weighted by molar-refractivity contribution is 6.30. The first-order chi connectivity index (χ1) is 15.1. The molecule has 1 atom stereocenters. The molecule has 1 saturated carbocycles. The summed E-state index contributed by atoms with van der Waals surface area (Å²) in [6, 6.07) is 5.06. The van der Waals surface area contributed by atoms with Gasteiger partial charge >= 0.3 is 6.18 Å². The smallest absolute Gasteiger partial charge is 0.340 e. The van der Waals surface area contributed by atoms with E-state index in [2.05, 4.69) is 20.4 Å². The fourth-order valence-corrected chi connectivity index (χ4v) is 3.57.